The zero-order chi connectivity index (χ0) is 7.90. The van der Waals surface area contributed by atoms with Crippen molar-refractivity contribution in [3.8, 4) is 0 Å². The SMILES string of the molecule is CC1(c2nc(CN)co2)CC1. The van der Waals surface area contributed by atoms with Gasteiger partial charge in [0, 0.05) is 12.0 Å². The number of oxazole rings is 1. The molecule has 1 saturated carbocycles. The minimum absolute atomic E-state index is 0.230. The molecule has 1 aliphatic rings. The van der Waals surface area contributed by atoms with Crippen LogP contribution in [0.5, 0.6) is 0 Å². The van der Waals surface area contributed by atoms with Gasteiger partial charge in [-0.2, -0.15) is 0 Å². The number of nitrogens with two attached hydrogens (primary N) is 1. The van der Waals surface area contributed by atoms with Gasteiger partial charge >= 0.3 is 0 Å². The van der Waals surface area contributed by atoms with Gasteiger partial charge in [-0.05, 0) is 12.8 Å². The second-order valence-electron chi connectivity index (χ2n) is 3.41. The van der Waals surface area contributed by atoms with Crippen LogP contribution in [0.15, 0.2) is 10.7 Å². The van der Waals surface area contributed by atoms with Crippen molar-refractivity contribution in [1.29, 1.82) is 0 Å². The number of rotatable bonds is 2. The van der Waals surface area contributed by atoms with E-state index >= 15 is 0 Å². The number of nitrogens with zero attached hydrogens (tertiary/aromatic N) is 1. The van der Waals surface area contributed by atoms with Gasteiger partial charge in [0.15, 0.2) is 5.89 Å². The summed E-state index contributed by atoms with van der Waals surface area (Å²) in [6, 6.07) is 0. The monoisotopic (exact) mass is 152 g/mol. The van der Waals surface area contributed by atoms with Crippen molar-refractivity contribution < 1.29 is 4.42 Å². The Labute approximate surface area is 65.6 Å². The van der Waals surface area contributed by atoms with Gasteiger partial charge in [0.05, 0.1) is 5.69 Å². The van der Waals surface area contributed by atoms with Gasteiger partial charge in [-0.3, -0.25) is 0 Å². The van der Waals surface area contributed by atoms with Crippen molar-refractivity contribution in [3.05, 3.63) is 17.8 Å². The van der Waals surface area contributed by atoms with Gasteiger partial charge in [-0.25, -0.2) is 4.98 Å². The zero-order valence-corrected chi connectivity index (χ0v) is 6.63. The van der Waals surface area contributed by atoms with E-state index < -0.39 is 0 Å². The standard InChI is InChI=1S/C8H12N2O/c1-8(2-3-8)7-10-6(4-9)5-11-7/h5H,2-4,9H2,1H3. The van der Waals surface area contributed by atoms with Crippen LogP contribution in [-0.2, 0) is 12.0 Å². The number of hydrogen-bond donors (Lipinski definition) is 1. The summed E-state index contributed by atoms with van der Waals surface area (Å²) < 4.78 is 5.29. The second-order valence-corrected chi connectivity index (χ2v) is 3.41. The maximum Gasteiger partial charge on any atom is 0.200 e. The molecule has 0 spiro atoms. The van der Waals surface area contributed by atoms with Crippen molar-refractivity contribution in [2.24, 2.45) is 5.73 Å². The molecule has 0 unspecified atom stereocenters. The molecule has 1 heterocycles. The number of aromatic nitrogens is 1. The zero-order valence-electron chi connectivity index (χ0n) is 6.63. The highest BCUT2D eigenvalue weighted by molar-refractivity contribution is 5.14. The fourth-order valence-corrected chi connectivity index (χ4v) is 1.08. The van der Waals surface area contributed by atoms with Gasteiger partial charge < -0.3 is 10.2 Å². The summed E-state index contributed by atoms with van der Waals surface area (Å²) in [6.45, 7) is 2.64. The highest BCUT2D eigenvalue weighted by atomic mass is 16.3. The predicted octanol–water partition coefficient (Wildman–Crippen LogP) is 1.18. The van der Waals surface area contributed by atoms with Crippen molar-refractivity contribution >= 4 is 0 Å². The first kappa shape index (κ1) is 6.85. The quantitative estimate of drug-likeness (QED) is 0.692. The average Bonchev–Trinajstić information content (AvgIpc) is 2.61. The van der Waals surface area contributed by atoms with Crippen LogP contribution < -0.4 is 5.73 Å². The molecule has 1 fully saturated rings. The van der Waals surface area contributed by atoms with E-state index in [4.69, 9.17) is 10.2 Å². The second kappa shape index (κ2) is 2.08. The molecule has 2 rings (SSSR count). The lowest BCUT2D eigenvalue weighted by Gasteiger charge is -1.98. The topological polar surface area (TPSA) is 52.0 Å². The van der Waals surface area contributed by atoms with Gasteiger partial charge in [-0.1, -0.05) is 6.92 Å². The molecule has 0 saturated heterocycles. The molecule has 0 atom stereocenters. The normalized spacial score (nSPS) is 20.2. The Kier molecular flexibility index (Phi) is 1.29. The lowest BCUT2D eigenvalue weighted by atomic mass is 10.1. The summed E-state index contributed by atoms with van der Waals surface area (Å²) in [4.78, 5) is 4.27. The molecule has 0 amide bonds. The van der Waals surface area contributed by atoms with Crippen LogP contribution >= 0.6 is 0 Å². The van der Waals surface area contributed by atoms with Crippen LogP contribution in [-0.4, -0.2) is 4.98 Å². The molecule has 11 heavy (non-hydrogen) atoms. The Balaban J connectivity index is 2.25. The van der Waals surface area contributed by atoms with E-state index in [0.717, 1.165) is 11.6 Å². The first-order valence-corrected chi connectivity index (χ1v) is 3.89. The third-order valence-electron chi connectivity index (χ3n) is 2.28. The Bertz CT molecular complexity index is 263. The first-order chi connectivity index (χ1) is 5.24. The van der Waals surface area contributed by atoms with E-state index in [1.165, 1.54) is 12.8 Å². The molecule has 1 aromatic rings. The highest BCUT2D eigenvalue weighted by Crippen LogP contribution is 2.46. The molecule has 0 radical (unpaired) electrons. The van der Waals surface area contributed by atoms with Crippen LogP contribution in [0.1, 0.15) is 31.4 Å². The van der Waals surface area contributed by atoms with E-state index in [1.807, 2.05) is 0 Å². The summed E-state index contributed by atoms with van der Waals surface area (Å²) in [5.74, 6) is 0.859. The predicted molar refractivity (Wildman–Crippen MR) is 41.0 cm³/mol. The molecule has 0 aliphatic heterocycles. The van der Waals surface area contributed by atoms with Crippen molar-refractivity contribution in [2.75, 3.05) is 0 Å². The minimum Gasteiger partial charge on any atom is -0.448 e. The Morgan fingerprint density at radius 2 is 2.45 bits per heavy atom. The molecule has 0 aromatic carbocycles. The highest BCUT2D eigenvalue weighted by Gasteiger charge is 2.43. The minimum atomic E-state index is 0.230. The maximum absolute atomic E-state index is 5.40. The lowest BCUT2D eigenvalue weighted by molar-refractivity contribution is 0.449. The summed E-state index contributed by atoms with van der Waals surface area (Å²) in [7, 11) is 0. The molecule has 1 aromatic heterocycles. The fraction of sp³-hybridized carbons (Fsp3) is 0.625. The van der Waals surface area contributed by atoms with Gasteiger partial charge in [-0.15, -0.1) is 0 Å². The van der Waals surface area contributed by atoms with Crippen molar-refractivity contribution in [2.45, 2.75) is 31.7 Å². The Morgan fingerprint density at radius 3 is 2.91 bits per heavy atom. The van der Waals surface area contributed by atoms with E-state index in [0.29, 0.717) is 6.54 Å². The summed E-state index contributed by atoms with van der Waals surface area (Å²) in [5.41, 5.74) is 6.49. The maximum atomic E-state index is 5.40. The molecule has 3 nitrogen and oxygen atoms in total. The van der Waals surface area contributed by atoms with E-state index in [9.17, 15) is 0 Å². The molecular weight excluding hydrogens is 140 g/mol. The first-order valence-electron chi connectivity index (χ1n) is 3.89. The van der Waals surface area contributed by atoms with Gasteiger partial charge in [0.2, 0.25) is 0 Å². The van der Waals surface area contributed by atoms with E-state index in [-0.39, 0.29) is 5.41 Å². The Hall–Kier alpha value is -0.830. The third-order valence-corrected chi connectivity index (χ3v) is 2.28. The third kappa shape index (κ3) is 1.05. The molecule has 60 valence electrons. The smallest absolute Gasteiger partial charge is 0.200 e. The van der Waals surface area contributed by atoms with Crippen LogP contribution in [0.25, 0.3) is 0 Å². The van der Waals surface area contributed by atoms with Crippen molar-refractivity contribution in [3.63, 3.8) is 0 Å². The van der Waals surface area contributed by atoms with E-state index in [1.54, 1.807) is 6.26 Å². The van der Waals surface area contributed by atoms with Crippen LogP contribution in [0.2, 0.25) is 0 Å². The molecule has 2 N–H and O–H groups in total. The molecule has 1 aliphatic carbocycles. The Morgan fingerprint density at radius 1 is 1.73 bits per heavy atom. The van der Waals surface area contributed by atoms with Crippen LogP contribution in [0.4, 0.5) is 0 Å². The van der Waals surface area contributed by atoms with Crippen LogP contribution in [0.3, 0.4) is 0 Å². The van der Waals surface area contributed by atoms with Gasteiger partial charge in [0.1, 0.15) is 6.26 Å². The van der Waals surface area contributed by atoms with Gasteiger partial charge in [0.25, 0.3) is 0 Å². The molecule has 0 bridgehead atoms. The fourth-order valence-electron chi connectivity index (χ4n) is 1.08. The van der Waals surface area contributed by atoms with Crippen molar-refractivity contribution in [1.82, 2.24) is 4.98 Å². The summed E-state index contributed by atoms with van der Waals surface area (Å²) >= 11 is 0. The molecular formula is C8H12N2O. The largest absolute Gasteiger partial charge is 0.448 e. The summed E-state index contributed by atoms with van der Waals surface area (Å²) in [6.07, 6.45) is 4.04. The average molecular weight is 152 g/mol. The lowest BCUT2D eigenvalue weighted by Crippen LogP contribution is -2.02. The number of hydrogen-bond acceptors (Lipinski definition) is 3. The van der Waals surface area contributed by atoms with Crippen LogP contribution in [0, 0.1) is 0 Å². The van der Waals surface area contributed by atoms with E-state index in [2.05, 4.69) is 11.9 Å². The molecule has 3 heteroatoms. The summed E-state index contributed by atoms with van der Waals surface area (Å²) in [5, 5.41) is 0.